The van der Waals surface area contributed by atoms with Crippen molar-refractivity contribution in [2.24, 2.45) is 11.7 Å². The summed E-state index contributed by atoms with van der Waals surface area (Å²) in [5.41, 5.74) is 7.35. The molecule has 100 valence electrons. The fourth-order valence-electron chi connectivity index (χ4n) is 3.78. The smallest absolute Gasteiger partial charge is 0.0951 e. The highest BCUT2D eigenvalue weighted by Gasteiger charge is 2.41. The van der Waals surface area contributed by atoms with Crippen molar-refractivity contribution < 1.29 is 0 Å². The van der Waals surface area contributed by atoms with Crippen molar-refractivity contribution >= 4 is 0 Å². The first-order chi connectivity index (χ1) is 8.70. The number of hydrogen-bond acceptors (Lipinski definition) is 3. The van der Waals surface area contributed by atoms with Crippen molar-refractivity contribution in [3.63, 3.8) is 0 Å². The first kappa shape index (κ1) is 12.2. The van der Waals surface area contributed by atoms with E-state index < -0.39 is 0 Å². The van der Waals surface area contributed by atoms with Gasteiger partial charge in [-0.25, -0.2) is 4.98 Å². The van der Waals surface area contributed by atoms with Crippen molar-refractivity contribution in [2.45, 2.75) is 51.2 Å². The molecule has 2 bridgehead atoms. The number of fused-ring (bicyclic) bond motifs is 2. The van der Waals surface area contributed by atoms with Gasteiger partial charge in [0, 0.05) is 31.4 Å². The predicted octanol–water partition coefficient (Wildman–Crippen LogP) is 1.95. The van der Waals surface area contributed by atoms with Crippen LogP contribution in [0.25, 0.3) is 0 Å². The van der Waals surface area contributed by atoms with Crippen molar-refractivity contribution in [2.75, 3.05) is 13.1 Å². The Bertz CT molecular complexity index is 412. The summed E-state index contributed by atoms with van der Waals surface area (Å²) < 4.78 is 2.27. The van der Waals surface area contributed by atoms with Gasteiger partial charge in [0.15, 0.2) is 0 Å². The van der Waals surface area contributed by atoms with Gasteiger partial charge < -0.3 is 10.3 Å². The highest BCUT2D eigenvalue weighted by Crippen LogP contribution is 2.41. The zero-order chi connectivity index (χ0) is 12.7. The van der Waals surface area contributed by atoms with E-state index in [9.17, 15) is 0 Å². The zero-order valence-electron chi connectivity index (χ0n) is 11.4. The Balaban J connectivity index is 1.86. The lowest BCUT2D eigenvalue weighted by Gasteiger charge is -2.35. The van der Waals surface area contributed by atoms with Crippen LogP contribution >= 0.6 is 0 Å². The van der Waals surface area contributed by atoms with E-state index in [0.717, 1.165) is 12.0 Å². The van der Waals surface area contributed by atoms with Crippen LogP contribution in [0.4, 0.5) is 0 Å². The van der Waals surface area contributed by atoms with Crippen molar-refractivity contribution in [3.8, 4) is 0 Å². The van der Waals surface area contributed by atoms with E-state index in [2.05, 4.69) is 28.3 Å². The van der Waals surface area contributed by atoms with Crippen LogP contribution in [0, 0.1) is 5.92 Å². The van der Waals surface area contributed by atoms with Gasteiger partial charge >= 0.3 is 0 Å². The summed E-state index contributed by atoms with van der Waals surface area (Å²) >= 11 is 0. The van der Waals surface area contributed by atoms with E-state index in [1.165, 1.54) is 31.5 Å². The normalized spacial score (nSPS) is 29.3. The molecule has 3 unspecified atom stereocenters. The van der Waals surface area contributed by atoms with Gasteiger partial charge in [0.1, 0.15) is 0 Å². The lowest BCUT2D eigenvalue weighted by atomic mass is 10.1. The number of hydrogen-bond donors (Lipinski definition) is 1. The molecular weight excluding hydrogens is 224 g/mol. The van der Waals surface area contributed by atoms with E-state index in [0.29, 0.717) is 18.6 Å². The minimum atomic E-state index is 0.352. The Morgan fingerprint density at radius 1 is 1.44 bits per heavy atom. The number of aromatic nitrogens is 2. The van der Waals surface area contributed by atoms with E-state index in [4.69, 9.17) is 5.73 Å². The summed E-state index contributed by atoms with van der Waals surface area (Å²) in [6.45, 7) is 6.33. The minimum Gasteiger partial charge on any atom is -0.331 e. The van der Waals surface area contributed by atoms with Crippen LogP contribution in [0.1, 0.15) is 50.9 Å². The molecule has 1 aromatic rings. The van der Waals surface area contributed by atoms with Gasteiger partial charge in [-0.05, 0) is 39.0 Å². The molecule has 1 aromatic heterocycles. The predicted molar refractivity (Wildman–Crippen MR) is 72.2 cm³/mol. The molecule has 2 fully saturated rings. The average molecular weight is 248 g/mol. The minimum absolute atomic E-state index is 0.352. The summed E-state index contributed by atoms with van der Waals surface area (Å²) in [4.78, 5) is 6.96. The quantitative estimate of drug-likeness (QED) is 0.886. The molecule has 4 heteroatoms. The molecule has 1 aliphatic carbocycles. The van der Waals surface area contributed by atoms with Crippen LogP contribution in [0.3, 0.4) is 0 Å². The van der Waals surface area contributed by atoms with E-state index in [1.54, 1.807) is 0 Å². The van der Waals surface area contributed by atoms with Crippen molar-refractivity contribution in [1.82, 2.24) is 14.5 Å². The van der Waals surface area contributed by atoms with Gasteiger partial charge in [-0.2, -0.15) is 0 Å². The van der Waals surface area contributed by atoms with E-state index in [-0.39, 0.29) is 0 Å². The van der Waals surface area contributed by atoms with Gasteiger partial charge in [0.05, 0.1) is 18.1 Å². The number of rotatable bonds is 4. The van der Waals surface area contributed by atoms with Gasteiger partial charge in [0.2, 0.25) is 0 Å². The number of nitrogens with two attached hydrogens (primary N) is 1. The Labute approximate surface area is 109 Å². The summed E-state index contributed by atoms with van der Waals surface area (Å²) in [5.74, 6) is 0.916. The molecule has 3 atom stereocenters. The fourth-order valence-corrected chi connectivity index (χ4v) is 3.78. The molecule has 3 rings (SSSR count). The Morgan fingerprint density at radius 2 is 2.28 bits per heavy atom. The Hall–Kier alpha value is -0.870. The third kappa shape index (κ3) is 1.88. The molecule has 2 aliphatic rings. The second-order valence-corrected chi connectivity index (χ2v) is 6.10. The van der Waals surface area contributed by atoms with E-state index in [1.807, 2.05) is 12.5 Å². The largest absolute Gasteiger partial charge is 0.331 e. The molecule has 0 spiro atoms. The number of likely N-dealkylation sites (tertiary alicyclic amines) is 1. The van der Waals surface area contributed by atoms with Crippen LogP contribution in [0.2, 0.25) is 0 Å². The van der Waals surface area contributed by atoms with Gasteiger partial charge in [-0.15, -0.1) is 0 Å². The average Bonchev–Trinajstić information content (AvgIpc) is 3.05. The lowest BCUT2D eigenvalue weighted by molar-refractivity contribution is 0.146. The molecule has 1 saturated carbocycles. The summed E-state index contributed by atoms with van der Waals surface area (Å²) in [7, 11) is 0. The Kier molecular flexibility index (Phi) is 3.16. The maximum absolute atomic E-state index is 6.06. The third-order valence-electron chi connectivity index (χ3n) is 4.67. The first-order valence-corrected chi connectivity index (χ1v) is 7.18. The third-order valence-corrected chi connectivity index (χ3v) is 4.67. The summed E-state index contributed by atoms with van der Waals surface area (Å²) in [6.07, 6.45) is 8.10. The topological polar surface area (TPSA) is 47.1 Å². The summed E-state index contributed by atoms with van der Waals surface area (Å²) in [5, 5.41) is 0. The second kappa shape index (κ2) is 4.67. The standard InChI is InChI=1S/C14H24N4/c1-10(2)18-9-16-7-14(18)13(6-15)17-8-11-3-4-12(17)5-11/h7,9-13H,3-6,8,15H2,1-2H3. The molecular formula is C14H24N4. The van der Waals surface area contributed by atoms with Crippen LogP contribution in [0.5, 0.6) is 0 Å². The highest BCUT2D eigenvalue weighted by atomic mass is 15.3. The van der Waals surface area contributed by atoms with Gasteiger partial charge in [-0.3, -0.25) is 4.90 Å². The molecule has 2 heterocycles. The van der Waals surface area contributed by atoms with Crippen LogP contribution in [-0.2, 0) is 0 Å². The Morgan fingerprint density at radius 3 is 2.83 bits per heavy atom. The van der Waals surface area contributed by atoms with Crippen molar-refractivity contribution in [3.05, 3.63) is 18.2 Å². The van der Waals surface area contributed by atoms with Crippen LogP contribution in [0.15, 0.2) is 12.5 Å². The van der Waals surface area contributed by atoms with Crippen LogP contribution in [-0.4, -0.2) is 33.6 Å². The fraction of sp³-hybridized carbons (Fsp3) is 0.786. The number of nitrogens with zero attached hydrogens (tertiary/aromatic N) is 3. The summed E-state index contributed by atoms with van der Waals surface area (Å²) in [6, 6.07) is 1.57. The molecule has 0 radical (unpaired) electrons. The molecule has 0 amide bonds. The molecule has 2 N–H and O–H groups in total. The molecule has 0 aromatic carbocycles. The molecule has 1 saturated heterocycles. The lowest BCUT2D eigenvalue weighted by Crippen LogP contribution is -2.40. The molecule has 1 aliphatic heterocycles. The second-order valence-electron chi connectivity index (χ2n) is 6.10. The number of imidazole rings is 1. The molecule has 18 heavy (non-hydrogen) atoms. The maximum Gasteiger partial charge on any atom is 0.0951 e. The van der Waals surface area contributed by atoms with Gasteiger partial charge in [0.25, 0.3) is 0 Å². The molecule has 4 nitrogen and oxygen atoms in total. The van der Waals surface area contributed by atoms with Crippen LogP contribution < -0.4 is 5.73 Å². The monoisotopic (exact) mass is 248 g/mol. The zero-order valence-corrected chi connectivity index (χ0v) is 11.4. The maximum atomic E-state index is 6.06. The highest BCUT2D eigenvalue weighted by molar-refractivity contribution is 5.10. The number of piperidine rings is 1. The van der Waals surface area contributed by atoms with Gasteiger partial charge in [-0.1, -0.05) is 0 Å². The van der Waals surface area contributed by atoms with Crippen molar-refractivity contribution in [1.29, 1.82) is 0 Å². The first-order valence-electron chi connectivity index (χ1n) is 7.18. The SMILES string of the molecule is CC(C)n1cncc1C(CN)N1CC2CCC1C2. The van der Waals surface area contributed by atoms with E-state index >= 15 is 0 Å².